The van der Waals surface area contributed by atoms with Crippen LogP contribution in [0.1, 0.15) is 72.8 Å². The van der Waals surface area contributed by atoms with E-state index < -0.39 is 59.7 Å². The molecule has 1 saturated heterocycles. The Morgan fingerprint density at radius 3 is 1.65 bits per heavy atom. The second-order valence-corrected chi connectivity index (χ2v) is 13.1. The van der Waals surface area contributed by atoms with Crippen LogP contribution in [0.2, 0.25) is 0 Å². The highest BCUT2D eigenvalue weighted by atomic mass is 16.3. The number of nitrogens with zero attached hydrogens (tertiary/aromatic N) is 1. The predicted octanol–water partition coefficient (Wildman–Crippen LogP) is 0.174. The zero-order valence-electron chi connectivity index (χ0n) is 27.8. The molecular formula is C32H52N8O6. The van der Waals surface area contributed by atoms with Crippen molar-refractivity contribution in [2.24, 2.45) is 34.2 Å². The van der Waals surface area contributed by atoms with Crippen molar-refractivity contribution in [3.05, 3.63) is 29.8 Å². The van der Waals surface area contributed by atoms with Crippen molar-refractivity contribution >= 4 is 35.5 Å². The largest absolute Gasteiger partial charge is 0.508 e. The van der Waals surface area contributed by atoms with E-state index in [-0.39, 0.29) is 55.3 Å². The van der Waals surface area contributed by atoms with Crippen LogP contribution in [0.15, 0.2) is 29.3 Å². The van der Waals surface area contributed by atoms with Gasteiger partial charge in [-0.05, 0) is 61.1 Å². The molecule has 0 bridgehead atoms. The van der Waals surface area contributed by atoms with Crippen molar-refractivity contribution in [2.45, 2.75) is 104 Å². The smallest absolute Gasteiger partial charge is 0.243 e. The molecule has 0 radical (unpaired) electrons. The Kier molecular flexibility index (Phi) is 14.8. The zero-order valence-corrected chi connectivity index (χ0v) is 27.8. The number of hydrogen-bond donors (Lipinski definition) is 8. The summed E-state index contributed by atoms with van der Waals surface area (Å²) in [4.78, 5) is 72.3. The first-order valence-electron chi connectivity index (χ1n) is 15.9. The van der Waals surface area contributed by atoms with Gasteiger partial charge in [-0.15, -0.1) is 0 Å². The minimum Gasteiger partial charge on any atom is -0.508 e. The minimum atomic E-state index is -1.14. The summed E-state index contributed by atoms with van der Waals surface area (Å²) < 4.78 is 0. The first-order chi connectivity index (χ1) is 21.6. The average Bonchev–Trinajstić information content (AvgIpc) is 2.95. The van der Waals surface area contributed by atoms with E-state index in [2.05, 4.69) is 31.6 Å². The lowest BCUT2D eigenvalue weighted by Gasteiger charge is -2.28. The summed E-state index contributed by atoms with van der Waals surface area (Å²) in [5.74, 6) is -3.34. The predicted molar refractivity (Wildman–Crippen MR) is 175 cm³/mol. The summed E-state index contributed by atoms with van der Waals surface area (Å²) in [5.41, 5.74) is 11.5. The molecule has 1 heterocycles. The molecule has 0 saturated carbocycles. The standard InChI is InChI=1S/C32H52N8O6/c1-17(2)14-23-28(43)38-25(16-20-9-11-21(41)12-10-20)30(45)36-22(8-7-13-35-32(33)34)27(42)40-26(19(5)6)31(46)39-24(15-18(3)4)29(44)37-23/h9-12,17-19,22-26,41H,7-8,13-16H2,1-6H3,(H,36,45)(H,37,44)(H,38,43)(H,39,46)(H,40,42)(H4,33,34,35)/t22-,23-,24-,25-,26+/m0/s1. The Bertz CT molecular complexity index is 1230. The molecule has 1 fully saturated rings. The number of amides is 5. The van der Waals surface area contributed by atoms with E-state index in [9.17, 15) is 29.1 Å². The molecule has 10 N–H and O–H groups in total. The van der Waals surface area contributed by atoms with Gasteiger partial charge in [0.25, 0.3) is 0 Å². The maximum atomic E-state index is 13.8. The minimum absolute atomic E-state index is 0.00221. The van der Waals surface area contributed by atoms with E-state index >= 15 is 0 Å². The summed E-state index contributed by atoms with van der Waals surface area (Å²) in [6.45, 7) is 11.3. The fourth-order valence-corrected chi connectivity index (χ4v) is 5.12. The lowest BCUT2D eigenvalue weighted by molar-refractivity contribution is -0.135. The molecular weight excluding hydrogens is 592 g/mol. The van der Waals surface area contributed by atoms with Crippen LogP contribution in [-0.2, 0) is 30.4 Å². The number of aliphatic imine (C=N–C) groups is 1. The second kappa shape index (κ2) is 18.0. The van der Waals surface area contributed by atoms with Crippen LogP contribution in [0, 0.1) is 17.8 Å². The number of carbonyl (C=O) groups excluding carboxylic acids is 5. The number of aromatic hydroxyl groups is 1. The molecule has 5 amide bonds. The average molecular weight is 645 g/mol. The van der Waals surface area contributed by atoms with Gasteiger partial charge in [-0.2, -0.15) is 0 Å². The van der Waals surface area contributed by atoms with Crippen LogP contribution in [0.25, 0.3) is 0 Å². The highest BCUT2D eigenvalue weighted by Crippen LogP contribution is 2.15. The van der Waals surface area contributed by atoms with Gasteiger partial charge >= 0.3 is 0 Å². The molecule has 1 aromatic carbocycles. The van der Waals surface area contributed by atoms with Crippen LogP contribution < -0.4 is 38.1 Å². The molecule has 14 heteroatoms. The van der Waals surface area contributed by atoms with Crippen LogP contribution in [-0.4, -0.2) is 77.4 Å². The maximum absolute atomic E-state index is 13.8. The quantitative estimate of drug-likeness (QED) is 0.0938. The number of rotatable bonds is 11. The second-order valence-electron chi connectivity index (χ2n) is 13.1. The molecule has 14 nitrogen and oxygen atoms in total. The Hall–Kier alpha value is -4.36. The number of benzene rings is 1. The van der Waals surface area contributed by atoms with Crippen molar-refractivity contribution < 1.29 is 29.1 Å². The molecule has 256 valence electrons. The lowest BCUT2D eigenvalue weighted by Crippen LogP contribution is -2.59. The number of guanidine groups is 1. The molecule has 1 aliphatic heterocycles. The molecule has 0 aliphatic carbocycles. The summed E-state index contributed by atoms with van der Waals surface area (Å²) in [6, 6.07) is 0.943. The molecule has 2 rings (SSSR count). The zero-order chi connectivity index (χ0) is 34.6. The molecule has 0 spiro atoms. The van der Waals surface area contributed by atoms with Crippen molar-refractivity contribution in [3.8, 4) is 5.75 Å². The van der Waals surface area contributed by atoms with Crippen molar-refractivity contribution in [1.29, 1.82) is 0 Å². The highest BCUT2D eigenvalue weighted by molar-refractivity contribution is 5.98. The van der Waals surface area contributed by atoms with Crippen molar-refractivity contribution in [2.75, 3.05) is 6.54 Å². The Balaban J connectivity index is 2.59. The normalized spacial score (nSPS) is 23.5. The Morgan fingerprint density at radius 1 is 0.696 bits per heavy atom. The van der Waals surface area contributed by atoms with E-state index in [1.807, 2.05) is 27.7 Å². The number of nitrogens with one attached hydrogen (secondary N) is 5. The summed E-state index contributed by atoms with van der Waals surface area (Å²) in [7, 11) is 0. The van der Waals surface area contributed by atoms with Crippen LogP contribution in [0.5, 0.6) is 5.75 Å². The number of hydrogen-bond acceptors (Lipinski definition) is 7. The van der Waals surface area contributed by atoms with E-state index in [0.29, 0.717) is 18.4 Å². The third-order valence-corrected chi connectivity index (χ3v) is 7.51. The van der Waals surface area contributed by atoms with Gasteiger partial charge in [0.1, 0.15) is 36.0 Å². The molecule has 0 unspecified atom stereocenters. The van der Waals surface area contributed by atoms with E-state index in [0.717, 1.165) is 0 Å². The lowest BCUT2D eigenvalue weighted by atomic mass is 9.98. The third-order valence-electron chi connectivity index (χ3n) is 7.51. The molecule has 5 atom stereocenters. The van der Waals surface area contributed by atoms with Gasteiger partial charge in [0, 0.05) is 13.0 Å². The van der Waals surface area contributed by atoms with Gasteiger partial charge in [0.05, 0.1) is 0 Å². The van der Waals surface area contributed by atoms with Gasteiger partial charge in [0.2, 0.25) is 29.5 Å². The Morgan fingerprint density at radius 2 is 1.15 bits per heavy atom. The SMILES string of the molecule is CC(C)C[C@@H]1NC(=O)[C@H](CC(C)C)NC(=O)[C@@H](C(C)C)NC(=O)[C@H](CCCN=C(N)N)NC(=O)[C@H](Cc2ccc(O)cc2)NC1=O. The molecule has 1 aromatic rings. The number of nitrogens with two attached hydrogens (primary N) is 2. The third kappa shape index (κ3) is 12.6. The molecule has 46 heavy (non-hydrogen) atoms. The monoisotopic (exact) mass is 644 g/mol. The van der Waals surface area contributed by atoms with Gasteiger partial charge in [0.15, 0.2) is 5.96 Å². The number of phenols is 1. The Labute approximate surface area is 271 Å². The maximum Gasteiger partial charge on any atom is 0.243 e. The fraction of sp³-hybridized carbons (Fsp3) is 0.625. The summed E-state index contributed by atoms with van der Waals surface area (Å²) in [5, 5.41) is 23.6. The number of phenolic OH excluding ortho intramolecular Hbond substituents is 1. The fourth-order valence-electron chi connectivity index (χ4n) is 5.12. The van der Waals surface area contributed by atoms with Crippen LogP contribution >= 0.6 is 0 Å². The summed E-state index contributed by atoms with van der Waals surface area (Å²) >= 11 is 0. The topological polar surface area (TPSA) is 230 Å². The van der Waals surface area contributed by atoms with Crippen LogP contribution in [0.4, 0.5) is 0 Å². The van der Waals surface area contributed by atoms with E-state index in [1.54, 1.807) is 26.0 Å². The van der Waals surface area contributed by atoms with Crippen molar-refractivity contribution in [1.82, 2.24) is 26.6 Å². The van der Waals surface area contributed by atoms with Gasteiger partial charge < -0.3 is 43.2 Å². The van der Waals surface area contributed by atoms with Gasteiger partial charge in [-0.25, -0.2) is 0 Å². The van der Waals surface area contributed by atoms with E-state index in [4.69, 9.17) is 11.5 Å². The van der Waals surface area contributed by atoms with Crippen molar-refractivity contribution in [3.63, 3.8) is 0 Å². The number of carbonyl (C=O) groups is 5. The first-order valence-corrected chi connectivity index (χ1v) is 15.9. The molecule has 0 aromatic heterocycles. The van der Waals surface area contributed by atoms with Gasteiger partial charge in [-0.3, -0.25) is 29.0 Å². The summed E-state index contributed by atoms with van der Waals surface area (Å²) in [6.07, 6.45) is 1.06. The first kappa shape index (κ1) is 37.8. The van der Waals surface area contributed by atoms with Gasteiger partial charge in [-0.1, -0.05) is 53.7 Å². The van der Waals surface area contributed by atoms with Crippen LogP contribution in [0.3, 0.4) is 0 Å². The highest BCUT2D eigenvalue weighted by Gasteiger charge is 2.35. The van der Waals surface area contributed by atoms with E-state index in [1.165, 1.54) is 12.1 Å². The molecule has 1 aliphatic rings.